The predicted molar refractivity (Wildman–Crippen MR) is 68.1 cm³/mol. The van der Waals surface area contributed by atoms with E-state index in [1.165, 1.54) is 10.7 Å². The summed E-state index contributed by atoms with van der Waals surface area (Å²) in [5.74, 6) is -0.391. The topological polar surface area (TPSA) is 30.7 Å². The highest BCUT2D eigenvalue weighted by Gasteiger charge is 2.17. The molecular formula is C11H10BrClFN3. The summed E-state index contributed by atoms with van der Waals surface area (Å²) < 4.78 is 16.1. The van der Waals surface area contributed by atoms with E-state index in [4.69, 9.17) is 11.6 Å². The summed E-state index contributed by atoms with van der Waals surface area (Å²) in [6.45, 7) is 3.81. The molecule has 0 bridgehead atoms. The van der Waals surface area contributed by atoms with E-state index < -0.39 is 5.82 Å². The first kappa shape index (κ1) is 12.5. The quantitative estimate of drug-likeness (QED) is 0.839. The second-order valence-corrected chi connectivity index (χ2v) is 5.15. The van der Waals surface area contributed by atoms with Crippen molar-refractivity contribution in [1.82, 2.24) is 15.0 Å². The zero-order valence-electron chi connectivity index (χ0n) is 9.28. The number of benzene rings is 1. The molecule has 1 heterocycles. The summed E-state index contributed by atoms with van der Waals surface area (Å²) in [6, 6.07) is 3.26. The van der Waals surface area contributed by atoms with Crippen LogP contribution in [0.2, 0.25) is 5.02 Å². The molecule has 0 saturated heterocycles. The lowest BCUT2D eigenvalue weighted by molar-refractivity contribution is 0.593. The maximum atomic E-state index is 14.0. The van der Waals surface area contributed by atoms with Gasteiger partial charge < -0.3 is 0 Å². The van der Waals surface area contributed by atoms with Gasteiger partial charge in [0, 0.05) is 5.56 Å². The van der Waals surface area contributed by atoms with Crippen molar-refractivity contribution in [3.63, 3.8) is 0 Å². The minimum Gasteiger partial charge on any atom is -0.219 e. The molecule has 3 nitrogen and oxygen atoms in total. The highest BCUT2D eigenvalue weighted by Crippen LogP contribution is 2.30. The van der Waals surface area contributed by atoms with Crippen LogP contribution in [0.15, 0.2) is 22.9 Å². The first-order valence-corrected chi connectivity index (χ1v) is 6.24. The Hall–Kier alpha value is -0.940. The van der Waals surface area contributed by atoms with Gasteiger partial charge in [0.15, 0.2) is 0 Å². The molecule has 0 unspecified atom stereocenters. The van der Waals surface area contributed by atoms with E-state index in [2.05, 4.69) is 26.2 Å². The molecule has 0 N–H and O–H groups in total. The lowest BCUT2D eigenvalue weighted by Gasteiger charge is -2.14. The lowest BCUT2D eigenvalue weighted by Crippen LogP contribution is -2.05. The fourth-order valence-electron chi connectivity index (χ4n) is 1.67. The Labute approximate surface area is 112 Å². The number of halogens is 3. The van der Waals surface area contributed by atoms with Crippen molar-refractivity contribution >= 4 is 27.5 Å². The Balaban J connectivity index is 2.65. The van der Waals surface area contributed by atoms with Gasteiger partial charge in [-0.15, -0.1) is 5.10 Å². The summed E-state index contributed by atoms with van der Waals surface area (Å²) in [4.78, 5) is 0. The third-order valence-corrected chi connectivity index (χ3v) is 3.05. The van der Waals surface area contributed by atoms with Crippen LogP contribution in [-0.2, 0) is 0 Å². The Morgan fingerprint density at radius 2 is 2.12 bits per heavy atom. The smallest absolute Gasteiger partial charge is 0.148 e. The summed E-state index contributed by atoms with van der Waals surface area (Å²) >= 11 is 9.00. The second kappa shape index (κ2) is 4.74. The maximum Gasteiger partial charge on any atom is 0.148 e. The van der Waals surface area contributed by atoms with Crippen molar-refractivity contribution in [1.29, 1.82) is 0 Å². The summed E-state index contributed by atoms with van der Waals surface area (Å²) in [6.07, 6.45) is 1.68. The number of hydrogen-bond donors (Lipinski definition) is 0. The summed E-state index contributed by atoms with van der Waals surface area (Å²) in [5.41, 5.74) is 1.19. The molecule has 0 aliphatic heterocycles. The van der Waals surface area contributed by atoms with E-state index >= 15 is 0 Å². The number of hydrogen-bond acceptors (Lipinski definition) is 2. The lowest BCUT2D eigenvalue weighted by atomic mass is 10.0. The minimum atomic E-state index is -0.397. The first-order chi connectivity index (χ1) is 8.00. The van der Waals surface area contributed by atoms with Crippen LogP contribution in [0.25, 0.3) is 5.69 Å². The number of nitrogens with zero attached hydrogens (tertiary/aromatic N) is 3. The molecule has 0 aliphatic rings. The molecule has 0 radical (unpaired) electrons. The largest absolute Gasteiger partial charge is 0.219 e. The molecule has 6 heteroatoms. The summed E-state index contributed by atoms with van der Waals surface area (Å²) in [7, 11) is 0. The average Bonchev–Trinajstić information content (AvgIpc) is 2.68. The van der Waals surface area contributed by atoms with Gasteiger partial charge in [-0.25, -0.2) is 9.07 Å². The Kier molecular flexibility index (Phi) is 3.49. The van der Waals surface area contributed by atoms with Gasteiger partial charge in [-0.1, -0.05) is 30.7 Å². The van der Waals surface area contributed by atoms with E-state index in [1.807, 2.05) is 13.8 Å². The van der Waals surface area contributed by atoms with Crippen molar-refractivity contribution in [2.45, 2.75) is 19.8 Å². The van der Waals surface area contributed by atoms with Gasteiger partial charge in [-0.05, 0) is 34.0 Å². The Morgan fingerprint density at radius 3 is 2.65 bits per heavy atom. The molecule has 2 rings (SSSR count). The van der Waals surface area contributed by atoms with Crippen LogP contribution in [0, 0.1) is 5.82 Å². The molecule has 0 fully saturated rings. The van der Waals surface area contributed by atoms with Gasteiger partial charge >= 0.3 is 0 Å². The van der Waals surface area contributed by atoms with E-state index in [-0.39, 0.29) is 10.9 Å². The van der Waals surface area contributed by atoms with E-state index in [0.29, 0.717) is 15.9 Å². The van der Waals surface area contributed by atoms with E-state index in [0.717, 1.165) is 0 Å². The second-order valence-electron chi connectivity index (χ2n) is 3.93. The zero-order chi connectivity index (χ0) is 12.6. The van der Waals surface area contributed by atoms with Crippen LogP contribution in [-0.4, -0.2) is 15.0 Å². The average molecular weight is 319 g/mol. The molecule has 0 spiro atoms. The SMILES string of the molecule is CC(C)c1c(-n2cc(Br)nn2)ccc(Cl)c1F. The third kappa shape index (κ3) is 2.35. The standard InChI is InChI=1S/C11H10BrClFN3/c1-6(2)10-8(4-3-7(13)11(10)14)17-5-9(12)15-16-17/h3-6H,1-2H3. The molecule has 0 amide bonds. The van der Waals surface area contributed by atoms with Gasteiger partial charge in [0.2, 0.25) is 0 Å². The molecule has 1 aromatic heterocycles. The van der Waals surface area contributed by atoms with Crippen LogP contribution in [0.1, 0.15) is 25.3 Å². The van der Waals surface area contributed by atoms with Gasteiger partial charge in [-0.3, -0.25) is 0 Å². The van der Waals surface area contributed by atoms with E-state index in [1.54, 1.807) is 12.3 Å². The van der Waals surface area contributed by atoms with Gasteiger partial charge in [0.25, 0.3) is 0 Å². The van der Waals surface area contributed by atoms with Crippen LogP contribution in [0.5, 0.6) is 0 Å². The van der Waals surface area contributed by atoms with Crippen LogP contribution in [0.4, 0.5) is 4.39 Å². The molecule has 1 aromatic carbocycles. The molecular weight excluding hydrogens is 308 g/mol. The monoisotopic (exact) mass is 317 g/mol. The Morgan fingerprint density at radius 1 is 1.41 bits per heavy atom. The highest BCUT2D eigenvalue weighted by molar-refractivity contribution is 9.10. The van der Waals surface area contributed by atoms with Crippen LogP contribution >= 0.6 is 27.5 Å². The highest BCUT2D eigenvalue weighted by atomic mass is 79.9. The first-order valence-electron chi connectivity index (χ1n) is 5.07. The van der Waals surface area contributed by atoms with Crippen molar-refractivity contribution in [3.05, 3.63) is 39.3 Å². The molecule has 0 aliphatic carbocycles. The Bertz CT molecular complexity index is 554. The van der Waals surface area contributed by atoms with Gasteiger partial charge in [0.05, 0.1) is 16.9 Å². The van der Waals surface area contributed by atoms with Gasteiger partial charge in [-0.2, -0.15) is 0 Å². The fourth-order valence-corrected chi connectivity index (χ4v) is 2.10. The molecule has 2 aromatic rings. The zero-order valence-corrected chi connectivity index (χ0v) is 11.6. The third-order valence-electron chi connectivity index (χ3n) is 2.40. The number of aromatic nitrogens is 3. The molecule has 0 atom stereocenters. The maximum absolute atomic E-state index is 14.0. The molecule has 17 heavy (non-hydrogen) atoms. The number of rotatable bonds is 2. The van der Waals surface area contributed by atoms with Crippen molar-refractivity contribution in [2.75, 3.05) is 0 Å². The van der Waals surface area contributed by atoms with E-state index in [9.17, 15) is 4.39 Å². The minimum absolute atomic E-state index is 0.00618. The molecule has 0 saturated carbocycles. The fraction of sp³-hybridized carbons (Fsp3) is 0.273. The van der Waals surface area contributed by atoms with Crippen molar-refractivity contribution in [3.8, 4) is 5.69 Å². The predicted octanol–water partition coefficient (Wildman–Crippen LogP) is 3.95. The summed E-state index contributed by atoms with van der Waals surface area (Å²) in [5, 5.41) is 7.85. The van der Waals surface area contributed by atoms with Crippen LogP contribution in [0.3, 0.4) is 0 Å². The normalized spacial score (nSPS) is 11.2. The van der Waals surface area contributed by atoms with Crippen molar-refractivity contribution < 1.29 is 4.39 Å². The van der Waals surface area contributed by atoms with Crippen LogP contribution < -0.4 is 0 Å². The van der Waals surface area contributed by atoms with Gasteiger partial charge in [0.1, 0.15) is 10.4 Å². The molecule has 90 valence electrons. The van der Waals surface area contributed by atoms with Crippen molar-refractivity contribution in [2.24, 2.45) is 0 Å².